The minimum atomic E-state index is -0.123. The number of nitrogens with two attached hydrogens (primary N) is 1. The summed E-state index contributed by atoms with van der Waals surface area (Å²) in [6.07, 6.45) is 1.07. The van der Waals surface area contributed by atoms with Crippen LogP contribution in [0.5, 0.6) is 5.75 Å². The first-order valence-electron chi connectivity index (χ1n) is 7.64. The van der Waals surface area contributed by atoms with Gasteiger partial charge in [0.1, 0.15) is 5.75 Å². The Morgan fingerprint density at radius 1 is 1.43 bits per heavy atom. The number of carbonyl (C=O) groups excluding carboxylic acids is 1. The maximum atomic E-state index is 12.6. The van der Waals surface area contributed by atoms with E-state index in [0.717, 1.165) is 32.6 Å². The van der Waals surface area contributed by atoms with E-state index in [9.17, 15) is 4.79 Å². The molecule has 3 N–H and O–H groups in total. The molecular formula is C16H25N3O2. The number of nitrogens with zero attached hydrogens (tertiary/aromatic N) is 1. The third kappa shape index (κ3) is 3.95. The summed E-state index contributed by atoms with van der Waals surface area (Å²) in [6.45, 7) is 8.26. The zero-order valence-electron chi connectivity index (χ0n) is 12.9. The van der Waals surface area contributed by atoms with Crippen molar-refractivity contribution in [2.45, 2.75) is 26.3 Å². The van der Waals surface area contributed by atoms with Crippen LogP contribution in [0.1, 0.15) is 30.6 Å². The van der Waals surface area contributed by atoms with Crippen molar-refractivity contribution in [2.75, 3.05) is 38.5 Å². The van der Waals surface area contributed by atoms with Gasteiger partial charge in [-0.3, -0.25) is 9.69 Å². The van der Waals surface area contributed by atoms with E-state index >= 15 is 0 Å². The van der Waals surface area contributed by atoms with E-state index in [2.05, 4.69) is 10.2 Å². The van der Waals surface area contributed by atoms with Crippen LogP contribution in [0.15, 0.2) is 18.2 Å². The second kappa shape index (κ2) is 7.43. The molecule has 0 bridgehead atoms. The normalized spacial score (nSPS) is 18.0. The molecule has 2 rings (SSSR count). The SMILES string of the molecule is CCOc1ccc(C(=O)C(C)N2CCCNCC2)cc1N. The van der Waals surface area contributed by atoms with Gasteiger partial charge in [0.05, 0.1) is 18.3 Å². The van der Waals surface area contributed by atoms with Gasteiger partial charge < -0.3 is 15.8 Å². The van der Waals surface area contributed by atoms with Gasteiger partial charge in [-0.05, 0) is 45.0 Å². The van der Waals surface area contributed by atoms with E-state index in [1.807, 2.05) is 13.8 Å². The molecule has 1 unspecified atom stereocenters. The summed E-state index contributed by atoms with van der Waals surface area (Å²) < 4.78 is 5.41. The van der Waals surface area contributed by atoms with Crippen LogP contribution in [0, 0.1) is 0 Å². The Morgan fingerprint density at radius 2 is 2.24 bits per heavy atom. The van der Waals surface area contributed by atoms with Crippen molar-refractivity contribution < 1.29 is 9.53 Å². The third-order valence-corrected chi connectivity index (χ3v) is 3.90. The summed E-state index contributed by atoms with van der Waals surface area (Å²) in [5.41, 5.74) is 7.12. The lowest BCUT2D eigenvalue weighted by Crippen LogP contribution is -2.41. The highest BCUT2D eigenvalue weighted by Crippen LogP contribution is 2.23. The number of ketones is 1. The molecule has 0 aromatic heterocycles. The highest BCUT2D eigenvalue weighted by Gasteiger charge is 2.23. The molecule has 0 radical (unpaired) electrons. The van der Waals surface area contributed by atoms with Crippen molar-refractivity contribution in [1.29, 1.82) is 0 Å². The van der Waals surface area contributed by atoms with Gasteiger partial charge >= 0.3 is 0 Å². The summed E-state index contributed by atoms with van der Waals surface area (Å²) in [7, 11) is 0. The number of carbonyl (C=O) groups is 1. The molecule has 1 heterocycles. The predicted octanol–water partition coefficient (Wildman–Crippen LogP) is 1.53. The van der Waals surface area contributed by atoms with Crippen LogP contribution in [-0.2, 0) is 0 Å². The molecule has 0 spiro atoms. The van der Waals surface area contributed by atoms with Gasteiger partial charge in [0.25, 0.3) is 0 Å². The highest BCUT2D eigenvalue weighted by molar-refractivity contribution is 6.00. The molecule has 1 aromatic carbocycles. The topological polar surface area (TPSA) is 67.6 Å². The van der Waals surface area contributed by atoms with Crippen molar-refractivity contribution in [2.24, 2.45) is 0 Å². The fraction of sp³-hybridized carbons (Fsp3) is 0.562. The van der Waals surface area contributed by atoms with Gasteiger partial charge in [-0.15, -0.1) is 0 Å². The van der Waals surface area contributed by atoms with Crippen LogP contribution < -0.4 is 15.8 Å². The maximum absolute atomic E-state index is 12.6. The fourth-order valence-corrected chi connectivity index (χ4v) is 2.65. The molecule has 5 heteroatoms. The molecular weight excluding hydrogens is 266 g/mol. The molecule has 0 saturated carbocycles. The summed E-state index contributed by atoms with van der Waals surface area (Å²) in [4.78, 5) is 14.9. The van der Waals surface area contributed by atoms with Crippen LogP contribution >= 0.6 is 0 Å². The second-order valence-electron chi connectivity index (χ2n) is 5.37. The molecule has 1 aromatic rings. The first kappa shape index (κ1) is 15.8. The number of anilines is 1. The van der Waals surface area contributed by atoms with Gasteiger partial charge in [-0.25, -0.2) is 0 Å². The lowest BCUT2D eigenvalue weighted by Gasteiger charge is -2.26. The van der Waals surface area contributed by atoms with E-state index < -0.39 is 0 Å². The van der Waals surface area contributed by atoms with Gasteiger partial charge in [0.15, 0.2) is 5.78 Å². The predicted molar refractivity (Wildman–Crippen MR) is 84.9 cm³/mol. The van der Waals surface area contributed by atoms with E-state index in [4.69, 9.17) is 10.5 Å². The van der Waals surface area contributed by atoms with E-state index in [1.165, 1.54) is 0 Å². The van der Waals surface area contributed by atoms with Crippen molar-refractivity contribution in [1.82, 2.24) is 10.2 Å². The Bertz CT molecular complexity index is 482. The van der Waals surface area contributed by atoms with Crippen molar-refractivity contribution >= 4 is 11.5 Å². The molecule has 1 saturated heterocycles. The van der Waals surface area contributed by atoms with Crippen LogP contribution in [0.2, 0.25) is 0 Å². The minimum Gasteiger partial charge on any atom is -0.492 e. The average molecular weight is 291 g/mol. The van der Waals surface area contributed by atoms with Crippen LogP contribution in [-0.4, -0.2) is 49.5 Å². The maximum Gasteiger partial charge on any atom is 0.179 e. The number of nitrogen functional groups attached to an aromatic ring is 1. The Balaban J connectivity index is 2.09. The van der Waals surface area contributed by atoms with E-state index in [-0.39, 0.29) is 11.8 Å². The Kier molecular flexibility index (Phi) is 5.59. The lowest BCUT2D eigenvalue weighted by atomic mass is 10.0. The quantitative estimate of drug-likeness (QED) is 0.636. The first-order valence-corrected chi connectivity index (χ1v) is 7.64. The Morgan fingerprint density at radius 3 is 2.95 bits per heavy atom. The number of benzene rings is 1. The number of hydrogen-bond acceptors (Lipinski definition) is 5. The van der Waals surface area contributed by atoms with Gasteiger partial charge in [0.2, 0.25) is 0 Å². The summed E-state index contributed by atoms with van der Waals surface area (Å²) in [5.74, 6) is 0.757. The molecule has 1 atom stereocenters. The summed E-state index contributed by atoms with van der Waals surface area (Å²) >= 11 is 0. The lowest BCUT2D eigenvalue weighted by molar-refractivity contribution is 0.0847. The smallest absolute Gasteiger partial charge is 0.179 e. The third-order valence-electron chi connectivity index (χ3n) is 3.90. The molecule has 21 heavy (non-hydrogen) atoms. The summed E-state index contributed by atoms with van der Waals surface area (Å²) in [6, 6.07) is 5.18. The average Bonchev–Trinajstić information content (AvgIpc) is 2.77. The number of ether oxygens (including phenoxy) is 1. The van der Waals surface area contributed by atoms with Gasteiger partial charge in [-0.1, -0.05) is 0 Å². The molecule has 0 amide bonds. The standard InChI is InChI=1S/C16H25N3O2/c1-3-21-15-6-5-13(11-14(15)17)16(20)12(2)19-9-4-7-18-8-10-19/h5-6,11-12,18H,3-4,7-10,17H2,1-2H3. The number of Topliss-reactive ketones (excluding diaryl/α,β-unsaturated/α-hetero) is 1. The fourth-order valence-electron chi connectivity index (χ4n) is 2.65. The zero-order chi connectivity index (χ0) is 15.2. The molecule has 5 nitrogen and oxygen atoms in total. The molecule has 1 aliphatic heterocycles. The molecule has 1 fully saturated rings. The number of hydrogen-bond donors (Lipinski definition) is 2. The van der Waals surface area contributed by atoms with Crippen LogP contribution in [0.25, 0.3) is 0 Å². The monoisotopic (exact) mass is 291 g/mol. The van der Waals surface area contributed by atoms with Crippen molar-refractivity contribution in [3.05, 3.63) is 23.8 Å². The minimum absolute atomic E-state index is 0.117. The van der Waals surface area contributed by atoms with Crippen LogP contribution in [0.3, 0.4) is 0 Å². The molecule has 116 valence electrons. The van der Waals surface area contributed by atoms with Crippen LogP contribution in [0.4, 0.5) is 5.69 Å². The van der Waals surface area contributed by atoms with E-state index in [0.29, 0.717) is 23.6 Å². The second-order valence-corrected chi connectivity index (χ2v) is 5.37. The Hall–Kier alpha value is -1.59. The molecule has 0 aliphatic carbocycles. The van der Waals surface area contributed by atoms with Crippen molar-refractivity contribution in [3.8, 4) is 5.75 Å². The molecule has 1 aliphatic rings. The van der Waals surface area contributed by atoms with Gasteiger partial charge in [-0.2, -0.15) is 0 Å². The van der Waals surface area contributed by atoms with Crippen molar-refractivity contribution in [3.63, 3.8) is 0 Å². The Labute approximate surface area is 126 Å². The number of nitrogens with one attached hydrogen (secondary N) is 1. The van der Waals surface area contributed by atoms with Gasteiger partial charge in [0, 0.05) is 25.2 Å². The highest BCUT2D eigenvalue weighted by atomic mass is 16.5. The number of rotatable bonds is 5. The zero-order valence-corrected chi connectivity index (χ0v) is 12.9. The first-order chi connectivity index (χ1) is 10.1. The summed E-state index contributed by atoms with van der Waals surface area (Å²) in [5, 5.41) is 3.35. The largest absolute Gasteiger partial charge is 0.492 e. The van der Waals surface area contributed by atoms with E-state index in [1.54, 1.807) is 18.2 Å².